The molecule has 34 heavy (non-hydrogen) atoms. The van der Waals surface area contributed by atoms with Crippen molar-refractivity contribution in [2.24, 2.45) is 0 Å². The molecule has 2 aliphatic heterocycles. The third-order valence-electron chi connectivity index (χ3n) is 6.12. The summed E-state index contributed by atoms with van der Waals surface area (Å²) in [4.78, 5) is 29.3. The van der Waals surface area contributed by atoms with Crippen LogP contribution in [0.1, 0.15) is 38.6 Å². The quantitative estimate of drug-likeness (QED) is 0.402. The Labute approximate surface area is 191 Å². The van der Waals surface area contributed by atoms with Crippen molar-refractivity contribution in [3.63, 3.8) is 0 Å². The topological polar surface area (TPSA) is 91.0 Å². The highest BCUT2D eigenvalue weighted by Crippen LogP contribution is 2.43. The maximum Gasteiger partial charge on any atom is 0.417 e. The summed E-state index contributed by atoms with van der Waals surface area (Å²) in [7, 11) is 0. The molecule has 4 heterocycles. The van der Waals surface area contributed by atoms with Crippen LogP contribution in [-0.4, -0.2) is 32.2 Å². The van der Waals surface area contributed by atoms with Gasteiger partial charge in [-0.3, -0.25) is 4.79 Å². The molecule has 2 aliphatic rings. The standard InChI is InChI=1S/C22H16F5N5O2.2H2/c23-15-7-13(10-1-4-18(24)28-9-10)14(22(25,26)27)8-16(15)29-21(34)32-12-2-3-17(32)20-11(5-12)6-19(33)30-31-20;;/h1,4,6-9,12,17H,2-3,5H2,(H,29,34)(H,30,33);2*1H/t12-,17+;;/m0../s1. The minimum absolute atomic E-state index is 0. The van der Waals surface area contributed by atoms with E-state index in [1.165, 1.54) is 11.0 Å². The van der Waals surface area contributed by atoms with Gasteiger partial charge in [-0.2, -0.15) is 22.7 Å². The van der Waals surface area contributed by atoms with Crippen LogP contribution in [0.2, 0.25) is 0 Å². The third-order valence-corrected chi connectivity index (χ3v) is 6.12. The lowest BCUT2D eigenvalue weighted by atomic mass is 9.98. The zero-order chi connectivity index (χ0) is 24.2. The Morgan fingerprint density at radius 1 is 1.18 bits per heavy atom. The van der Waals surface area contributed by atoms with E-state index in [-0.39, 0.29) is 20.0 Å². The first-order valence-corrected chi connectivity index (χ1v) is 10.3. The lowest BCUT2D eigenvalue weighted by Gasteiger charge is -2.35. The molecule has 7 nitrogen and oxygen atoms in total. The number of anilines is 1. The van der Waals surface area contributed by atoms with Crippen LogP contribution in [0.5, 0.6) is 0 Å². The van der Waals surface area contributed by atoms with Gasteiger partial charge in [0.2, 0.25) is 5.95 Å². The third kappa shape index (κ3) is 3.78. The van der Waals surface area contributed by atoms with Crippen molar-refractivity contribution in [1.29, 1.82) is 0 Å². The van der Waals surface area contributed by atoms with Crippen molar-refractivity contribution in [1.82, 2.24) is 20.1 Å². The van der Waals surface area contributed by atoms with E-state index in [0.717, 1.165) is 18.3 Å². The van der Waals surface area contributed by atoms with Gasteiger partial charge in [0.15, 0.2) is 0 Å². The number of hydrogen-bond acceptors (Lipinski definition) is 4. The van der Waals surface area contributed by atoms with Gasteiger partial charge in [0.1, 0.15) is 5.82 Å². The van der Waals surface area contributed by atoms with Crippen molar-refractivity contribution in [2.45, 2.75) is 37.5 Å². The second-order valence-corrected chi connectivity index (χ2v) is 8.18. The van der Waals surface area contributed by atoms with Gasteiger partial charge in [-0.25, -0.2) is 19.3 Å². The number of benzene rings is 1. The normalized spacial score (nSPS) is 19.1. The van der Waals surface area contributed by atoms with Gasteiger partial charge in [-0.15, -0.1) is 0 Å². The first-order chi connectivity index (χ1) is 16.1. The summed E-state index contributed by atoms with van der Waals surface area (Å²) in [6.07, 6.45) is -2.48. The number of alkyl halides is 3. The van der Waals surface area contributed by atoms with Gasteiger partial charge in [-0.1, -0.05) is 0 Å². The summed E-state index contributed by atoms with van der Waals surface area (Å²) < 4.78 is 69.3. The first kappa shape index (κ1) is 22.0. The van der Waals surface area contributed by atoms with E-state index in [1.807, 2.05) is 0 Å². The molecule has 1 fully saturated rings. The van der Waals surface area contributed by atoms with Gasteiger partial charge in [0.05, 0.1) is 23.0 Å². The smallest absolute Gasteiger partial charge is 0.313 e. The molecular formula is C22H20F5N5O2. The highest BCUT2D eigenvalue weighted by atomic mass is 19.4. The molecule has 180 valence electrons. The molecule has 0 saturated carbocycles. The number of carbonyl (C=O) groups is 1. The first-order valence-electron chi connectivity index (χ1n) is 10.3. The molecule has 2 N–H and O–H groups in total. The second-order valence-electron chi connectivity index (χ2n) is 8.18. The van der Waals surface area contributed by atoms with Gasteiger partial charge in [-0.05, 0) is 54.7 Å². The molecule has 2 aromatic heterocycles. The van der Waals surface area contributed by atoms with Crippen LogP contribution in [0.25, 0.3) is 11.1 Å². The predicted octanol–water partition coefficient (Wildman–Crippen LogP) is 4.91. The van der Waals surface area contributed by atoms with Gasteiger partial charge < -0.3 is 10.2 Å². The molecule has 0 spiro atoms. The van der Waals surface area contributed by atoms with Gasteiger partial charge >= 0.3 is 12.2 Å². The molecule has 0 radical (unpaired) electrons. The maximum absolute atomic E-state index is 14.9. The molecule has 2 amide bonds. The number of aromatic nitrogens is 3. The number of amides is 2. The number of carbonyl (C=O) groups excluding carboxylic acids is 1. The van der Waals surface area contributed by atoms with Gasteiger partial charge in [0.25, 0.3) is 5.56 Å². The average molecular weight is 481 g/mol. The maximum atomic E-state index is 14.9. The fourth-order valence-electron chi connectivity index (χ4n) is 4.67. The number of nitrogens with zero attached hydrogens (tertiary/aromatic N) is 3. The molecule has 1 aromatic carbocycles. The average Bonchev–Trinajstić information content (AvgIpc) is 3.09. The minimum atomic E-state index is -4.88. The fourth-order valence-corrected chi connectivity index (χ4v) is 4.67. The van der Waals surface area contributed by atoms with E-state index < -0.39 is 46.8 Å². The Hall–Kier alpha value is -3.83. The van der Waals surface area contributed by atoms with E-state index in [9.17, 15) is 31.5 Å². The fraction of sp³-hybridized carbons (Fsp3) is 0.273. The Kier molecular flexibility index (Phi) is 5.10. The van der Waals surface area contributed by atoms with Crippen LogP contribution in [0.3, 0.4) is 0 Å². The summed E-state index contributed by atoms with van der Waals surface area (Å²) in [6, 6.07) is 2.95. The number of nitrogens with one attached hydrogen (secondary N) is 2. The monoisotopic (exact) mass is 481 g/mol. The van der Waals surface area contributed by atoms with E-state index in [1.54, 1.807) is 0 Å². The van der Waals surface area contributed by atoms with E-state index in [2.05, 4.69) is 20.5 Å². The number of rotatable bonds is 2. The van der Waals surface area contributed by atoms with Crippen LogP contribution in [-0.2, 0) is 12.6 Å². The van der Waals surface area contributed by atoms with Crippen LogP contribution in [0, 0.1) is 11.8 Å². The van der Waals surface area contributed by atoms with Crippen molar-refractivity contribution < 1.29 is 29.6 Å². The molecule has 2 atom stereocenters. The number of pyridine rings is 1. The van der Waals surface area contributed by atoms with E-state index >= 15 is 0 Å². The molecule has 0 aliphatic carbocycles. The molecule has 5 rings (SSSR count). The summed E-state index contributed by atoms with van der Waals surface area (Å²) in [5.41, 5.74) is -1.65. The largest absolute Gasteiger partial charge is 0.417 e. The summed E-state index contributed by atoms with van der Waals surface area (Å²) in [5.74, 6) is -1.98. The number of aromatic amines is 1. The summed E-state index contributed by atoms with van der Waals surface area (Å²) in [6.45, 7) is 0. The van der Waals surface area contributed by atoms with Crippen molar-refractivity contribution >= 4 is 11.7 Å². The lowest BCUT2D eigenvalue weighted by Crippen LogP contribution is -2.45. The number of halogens is 5. The highest BCUT2D eigenvalue weighted by Gasteiger charge is 2.44. The van der Waals surface area contributed by atoms with E-state index in [4.69, 9.17) is 0 Å². The molecular weight excluding hydrogens is 461 g/mol. The van der Waals surface area contributed by atoms with Crippen LogP contribution < -0.4 is 10.9 Å². The molecule has 3 aromatic rings. The predicted molar refractivity (Wildman–Crippen MR) is 114 cm³/mol. The van der Waals surface area contributed by atoms with Crippen molar-refractivity contribution in [2.75, 3.05) is 5.32 Å². The summed E-state index contributed by atoms with van der Waals surface area (Å²) in [5, 5.41) is 8.63. The molecule has 0 unspecified atom stereocenters. The Morgan fingerprint density at radius 3 is 2.68 bits per heavy atom. The highest BCUT2D eigenvalue weighted by molar-refractivity contribution is 5.91. The number of fused-ring (bicyclic) bond motifs is 4. The Bertz CT molecular complexity index is 1350. The Morgan fingerprint density at radius 2 is 1.97 bits per heavy atom. The molecule has 12 heteroatoms. The number of hydrogen-bond donors (Lipinski definition) is 2. The number of H-pyrrole nitrogens is 1. The minimum Gasteiger partial charge on any atom is -0.313 e. The second kappa shape index (κ2) is 7.89. The number of urea groups is 1. The van der Waals surface area contributed by atoms with Crippen LogP contribution in [0.4, 0.5) is 32.4 Å². The van der Waals surface area contributed by atoms with Crippen LogP contribution >= 0.6 is 0 Å². The zero-order valence-electron chi connectivity index (χ0n) is 17.3. The van der Waals surface area contributed by atoms with Crippen molar-refractivity contribution in [3.05, 3.63) is 75.5 Å². The van der Waals surface area contributed by atoms with E-state index in [0.29, 0.717) is 42.7 Å². The molecule has 1 saturated heterocycles. The SMILES string of the molecule is O=C(Nc1cc(C(F)(F)F)c(-c2ccc(F)nc2)cc1F)N1[C@H]2CC[C@@H]1c1n[nH]c(=O)cc1C2.[HH].[HH]. The van der Waals surface area contributed by atoms with Gasteiger partial charge in [0, 0.05) is 26.7 Å². The Balaban J connectivity index is 0.00000180. The lowest BCUT2D eigenvalue weighted by molar-refractivity contribution is -0.137. The zero-order valence-corrected chi connectivity index (χ0v) is 17.3. The summed E-state index contributed by atoms with van der Waals surface area (Å²) >= 11 is 0. The van der Waals surface area contributed by atoms with Crippen LogP contribution in [0.15, 0.2) is 41.3 Å². The molecule has 2 bridgehead atoms. The van der Waals surface area contributed by atoms with Crippen molar-refractivity contribution in [3.8, 4) is 11.1 Å².